The normalized spacial score (nSPS) is 12.5. The maximum absolute atomic E-state index is 11.5. The van der Waals surface area contributed by atoms with Crippen molar-refractivity contribution < 1.29 is 14.7 Å². The number of carboxylic acid groups (broad SMARTS) is 1. The van der Waals surface area contributed by atoms with Crippen LogP contribution in [0.4, 0.5) is 0 Å². The lowest BCUT2D eigenvalue weighted by molar-refractivity contribution is -0.138. The fraction of sp³-hybridized carbons (Fsp3) is 0.750. The first-order valence-corrected chi connectivity index (χ1v) is 7.98. The Bertz CT molecular complexity index is 317. The smallest absolute Gasteiger partial charge is 0.320 e. The van der Waals surface area contributed by atoms with E-state index in [9.17, 15) is 9.59 Å². The molecule has 21 heavy (non-hydrogen) atoms. The molecule has 0 aromatic rings. The van der Waals surface area contributed by atoms with Gasteiger partial charge in [0, 0.05) is 13.0 Å². The molecule has 4 N–H and O–H groups in total. The van der Waals surface area contributed by atoms with E-state index in [2.05, 4.69) is 24.4 Å². The van der Waals surface area contributed by atoms with Gasteiger partial charge in [0.05, 0.1) is 0 Å². The van der Waals surface area contributed by atoms with Crippen LogP contribution in [0.15, 0.2) is 12.2 Å². The molecule has 5 heteroatoms. The van der Waals surface area contributed by atoms with Crippen molar-refractivity contribution in [2.24, 2.45) is 5.73 Å². The molecule has 122 valence electrons. The summed E-state index contributed by atoms with van der Waals surface area (Å²) < 4.78 is 0. The van der Waals surface area contributed by atoms with Gasteiger partial charge in [-0.2, -0.15) is 0 Å². The fourth-order valence-corrected chi connectivity index (χ4v) is 1.88. The SMILES string of the molecule is CCC/C=C/CCCCC(=O)NCCCC[C@H](N)C(=O)O. The summed E-state index contributed by atoms with van der Waals surface area (Å²) in [4.78, 5) is 22.0. The number of nitrogens with two attached hydrogens (primary N) is 1. The first-order chi connectivity index (χ1) is 10.1. The van der Waals surface area contributed by atoms with Crippen molar-refractivity contribution in [3.63, 3.8) is 0 Å². The number of allylic oxidation sites excluding steroid dienone is 2. The van der Waals surface area contributed by atoms with E-state index in [4.69, 9.17) is 10.8 Å². The molecule has 0 bridgehead atoms. The van der Waals surface area contributed by atoms with E-state index in [-0.39, 0.29) is 5.91 Å². The van der Waals surface area contributed by atoms with Crippen molar-refractivity contribution >= 4 is 11.9 Å². The minimum Gasteiger partial charge on any atom is -0.480 e. The Kier molecular flexibility index (Phi) is 12.7. The van der Waals surface area contributed by atoms with E-state index in [0.717, 1.165) is 38.5 Å². The van der Waals surface area contributed by atoms with Gasteiger partial charge < -0.3 is 16.2 Å². The van der Waals surface area contributed by atoms with Crippen molar-refractivity contribution in [3.8, 4) is 0 Å². The average Bonchev–Trinajstić information content (AvgIpc) is 2.45. The minimum atomic E-state index is -0.966. The summed E-state index contributed by atoms with van der Waals surface area (Å²) in [5.74, 6) is -0.887. The molecule has 0 unspecified atom stereocenters. The van der Waals surface area contributed by atoms with Crippen molar-refractivity contribution in [2.75, 3.05) is 6.54 Å². The number of carbonyl (C=O) groups excluding carboxylic acids is 1. The van der Waals surface area contributed by atoms with Gasteiger partial charge in [-0.3, -0.25) is 9.59 Å². The number of hydrogen-bond donors (Lipinski definition) is 3. The highest BCUT2D eigenvalue weighted by molar-refractivity contribution is 5.75. The Morgan fingerprint density at radius 2 is 1.86 bits per heavy atom. The highest BCUT2D eigenvalue weighted by atomic mass is 16.4. The molecular weight excluding hydrogens is 268 g/mol. The molecule has 0 aromatic carbocycles. The Morgan fingerprint density at radius 1 is 1.14 bits per heavy atom. The van der Waals surface area contributed by atoms with Crippen LogP contribution in [0.25, 0.3) is 0 Å². The molecule has 1 atom stereocenters. The molecule has 0 saturated heterocycles. The van der Waals surface area contributed by atoms with Crippen LogP contribution in [0.5, 0.6) is 0 Å². The summed E-state index contributed by atoms with van der Waals surface area (Å²) in [6.45, 7) is 2.76. The molecule has 0 saturated carbocycles. The van der Waals surface area contributed by atoms with Gasteiger partial charge in [-0.05, 0) is 44.9 Å². The zero-order chi connectivity index (χ0) is 15.9. The zero-order valence-corrected chi connectivity index (χ0v) is 13.1. The molecule has 0 fully saturated rings. The molecule has 0 rings (SSSR count). The monoisotopic (exact) mass is 298 g/mol. The van der Waals surface area contributed by atoms with Crippen LogP contribution in [0, 0.1) is 0 Å². The second-order valence-electron chi connectivity index (χ2n) is 5.30. The Morgan fingerprint density at radius 3 is 2.52 bits per heavy atom. The number of carbonyl (C=O) groups is 2. The van der Waals surface area contributed by atoms with Crippen molar-refractivity contribution in [1.29, 1.82) is 0 Å². The van der Waals surface area contributed by atoms with E-state index in [0.29, 0.717) is 19.4 Å². The van der Waals surface area contributed by atoms with E-state index in [1.807, 2.05) is 0 Å². The predicted octanol–water partition coefficient (Wildman–Crippen LogP) is 2.60. The third-order valence-electron chi connectivity index (χ3n) is 3.23. The fourth-order valence-electron chi connectivity index (χ4n) is 1.88. The molecule has 1 amide bonds. The topological polar surface area (TPSA) is 92.4 Å². The largest absolute Gasteiger partial charge is 0.480 e. The molecule has 0 heterocycles. The Balaban J connectivity index is 3.37. The molecule has 0 aliphatic heterocycles. The van der Waals surface area contributed by atoms with Crippen LogP contribution in [0.3, 0.4) is 0 Å². The Labute approximate surface area is 128 Å². The van der Waals surface area contributed by atoms with E-state index >= 15 is 0 Å². The lowest BCUT2D eigenvalue weighted by Gasteiger charge is -2.07. The molecule has 0 radical (unpaired) electrons. The molecule has 0 aromatic heterocycles. The van der Waals surface area contributed by atoms with Gasteiger partial charge >= 0.3 is 5.97 Å². The van der Waals surface area contributed by atoms with Crippen LogP contribution >= 0.6 is 0 Å². The van der Waals surface area contributed by atoms with E-state index in [1.165, 1.54) is 6.42 Å². The molecule has 0 spiro atoms. The summed E-state index contributed by atoms with van der Waals surface area (Å²) >= 11 is 0. The van der Waals surface area contributed by atoms with Crippen LogP contribution in [0.2, 0.25) is 0 Å². The maximum atomic E-state index is 11.5. The van der Waals surface area contributed by atoms with E-state index in [1.54, 1.807) is 0 Å². The van der Waals surface area contributed by atoms with Gasteiger partial charge in [-0.25, -0.2) is 0 Å². The van der Waals surface area contributed by atoms with Gasteiger partial charge in [-0.15, -0.1) is 0 Å². The number of nitrogens with one attached hydrogen (secondary N) is 1. The number of rotatable bonds is 13. The summed E-state index contributed by atoms with van der Waals surface area (Å²) in [7, 11) is 0. The van der Waals surface area contributed by atoms with Crippen LogP contribution in [-0.4, -0.2) is 29.6 Å². The summed E-state index contributed by atoms with van der Waals surface area (Å²) in [6, 6.07) is -0.790. The highest BCUT2D eigenvalue weighted by Crippen LogP contribution is 2.02. The molecular formula is C16H30N2O3. The molecule has 0 aliphatic carbocycles. The maximum Gasteiger partial charge on any atom is 0.320 e. The number of hydrogen-bond acceptors (Lipinski definition) is 3. The van der Waals surface area contributed by atoms with Crippen LogP contribution < -0.4 is 11.1 Å². The molecule has 5 nitrogen and oxygen atoms in total. The third kappa shape index (κ3) is 13.4. The third-order valence-corrected chi connectivity index (χ3v) is 3.23. The Hall–Kier alpha value is -1.36. The summed E-state index contributed by atoms with van der Waals surface area (Å²) in [6.07, 6.45) is 12.2. The first-order valence-electron chi connectivity index (χ1n) is 7.98. The number of aliphatic carboxylic acids is 1. The van der Waals surface area contributed by atoms with Gasteiger partial charge in [0.2, 0.25) is 5.91 Å². The molecule has 0 aliphatic rings. The minimum absolute atomic E-state index is 0.0788. The summed E-state index contributed by atoms with van der Waals surface area (Å²) in [5, 5.41) is 11.5. The van der Waals surface area contributed by atoms with Crippen molar-refractivity contribution in [3.05, 3.63) is 12.2 Å². The quantitative estimate of drug-likeness (QED) is 0.360. The van der Waals surface area contributed by atoms with E-state index < -0.39 is 12.0 Å². The van der Waals surface area contributed by atoms with Crippen LogP contribution in [-0.2, 0) is 9.59 Å². The lowest BCUT2D eigenvalue weighted by Crippen LogP contribution is -2.30. The second-order valence-corrected chi connectivity index (χ2v) is 5.30. The average molecular weight is 298 g/mol. The van der Waals surface area contributed by atoms with Gasteiger partial charge in [0.25, 0.3) is 0 Å². The first kappa shape index (κ1) is 19.6. The number of carboxylic acids is 1. The van der Waals surface area contributed by atoms with Crippen LogP contribution in [0.1, 0.15) is 64.7 Å². The summed E-state index contributed by atoms with van der Waals surface area (Å²) in [5.41, 5.74) is 5.39. The lowest BCUT2D eigenvalue weighted by atomic mass is 10.1. The predicted molar refractivity (Wildman–Crippen MR) is 85.0 cm³/mol. The van der Waals surface area contributed by atoms with Crippen molar-refractivity contribution in [1.82, 2.24) is 5.32 Å². The van der Waals surface area contributed by atoms with Gasteiger partial charge in [0.1, 0.15) is 6.04 Å². The van der Waals surface area contributed by atoms with Gasteiger partial charge in [-0.1, -0.05) is 25.5 Å². The second kappa shape index (κ2) is 13.6. The number of unbranched alkanes of at least 4 members (excludes halogenated alkanes) is 4. The van der Waals surface area contributed by atoms with Gasteiger partial charge in [0.15, 0.2) is 0 Å². The standard InChI is InChI=1S/C16H30N2O3/c1-2-3-4-5-6-7-8-12-15(19)18-13-10-9-11-14(17)16(20)21/h4-5,14H,2-3,6-13,17H2,1H3,(H,18,19)(H,20,21)/b5-4+/t14-/m0/s1. The number of amides is 1. The highest BCUT2D eigenvalue weighted by Gasteiger charge is 2.10. The zero-order valence-electron chi connectivity index (χ0n) is 13.1. The van der Waals surface area contributed by atoms with Crippen molar-refractivity contribution in [2.45, 2.75) is 70.8 Å².